The largest absolute Gasteiger partial charge is 0.350 e. The zero-order valence-corrected chi connectivity index (χ0v) is 17.9. The Balaban J connectivity index is 1.55. The number of aryl methyl sites for hydroxylation is 2. The number of para-hydroxylation sites is 2. The normalized spacial score (nSPS) is 11.8. The number of nitrogens with zero attached hydrogens (tertiary/aromatic N) is 1. The standard InChI is InChI=1S/C27H27N3O/c1-19-10-6-8-14-24(19)29-26-18-23(22-13-7-9-15-25(22)30-26)27(31)28-20(2)16-17-21-11-4-3-5-12-21/h3-15,18,20H,16-17H2,1-2H3,(H,28,31)(H,29,30). The number of carbonyl (C=O) groups is 1. The van der Waals surface area contributed by atoms with Crippen molar-refractivity contribution in [3.05, 3.63) is 102 Å². The number of pyridine rings is 1. The topological polar surface area (TPSA) is 54.0 Å². The lowest BCUT2D eigenvalue weighted by Gasteiger charge is -2.16. The number of nitrogens with one attached hydrogen (secondary N) is 2. The van der Waals surface area contributed by atoms with Gasteiger partial charge in [0.25, 0.3) is 5.91 Å². The van der Waals surface area contributed by atoms with Gasteiger partial charge in [0.1, 0.15) is 5.82 Å². The predicted octanol–water partition coefficient (Wildman–Crippen LogP) is 6.04. The highest BCUT2D eigenvalue weighted by atomic mass is 16.1. The minimum atomic E-state index is -0.0769. The molecule has 1 unspecified atom stereocenters. The third kappa shape index (κ3) is 5.10. The van der Waals surface area contributed by atoms with Crippen LogP contribution in [0.5, 0.6) is 0 Å². The lowest BCUT2D eigenvalue weighted by molar-refractivity contribution is 0.0940. The number of hydrogen-bond acceptors (Lipinski definition) is 3. The summed E-state index contributed by atoms with van der Waals surface area (Å²) in [5, 5.41) is 7.39. The Morgan fingerprint density at radius 1 is 0.935 bits per heavy atom. The summed E-state index contributed by atoms with van der Waals surface area (Å²) in [6.45, 7) is 4.10. The lowest BCUT2D eigenvalue weighted by Crippen LogP contribution is -2.33. The molecule has 1 amide bonds. The quantitative estimate of drug-likeness (QED) is 0.391. The van der Waals surface area contributed by atoms with Crippen molar-refractivity contribution in [2.24, 2.45) is 0 Å². The van der Waals surface area contributed by atoms with Crippen molar-refractivity contribution in [1.29, 1.82) is 0 Å². The molecule has 0 saturated carbocycles. The van der Waals surface area contributed by atoms with Gasteiger partial charge in [-0.25, -0.2) is 4.98 Å². The molecule has 4 heteroatoms. The molecule has 4 rings (SSSR count). The third-order valence-electron chi connectivity index (χ3n) is 5.45. The Morgan fingerprint density at radius 3 is 2.45 bits per heavy atom. The van der Waals surface area contributed by atoms with E-state index in [1.54, 1.807) is 0 Å². The lowest BCUT2D eigenvalue weighted by atomic mass is 10.0. The monoisotopic (exact) mass is 409 g/mol. The molecule has 4 nitrogen and oxygen atoms in total. The second-order valence-electron chi connectivity index (χ2n) is 7.91. The number of rotatable bonds is 7. The highest BCUT2D eigenvalue weighted by Crippen LogP contribution is 2.25. The van der Waals surface area contributed by atoms with E-state index >= 15 is 0 Å². The molecule has 1 atom stereocenters. The van der Waals surface area contributed by atoms with Crippen molar-refractivity contribution >= 4 is 28.3 Å². The number of fused-ring (bicyclic) bond motifs is 1. The molecule has 31 heavy (non-hydrogen) atoms. The first-order valence-electron chi connectivity index (χ1n) is 10.7. The molecule has 2 N–H and O–H groups in total. The predicted molar refractivity (Wildman–Crippen MR) is 128 cm³/mol. The van der Waals surface area contributed by atoms with Crippen LogP contribution in [0.1, 0.15) is 34.8 Å². The summed E-state index contributed by atoms with van der Waals surface area (Å²) in [6.07, 6.45) is 1.81. The molecule has 1 aromatic heterocycles. The van der Waals surface area contributed by atoms with Crippen LogP contribution in [0, 0.1) is 6.92 Å². The van der Waals surface area contributed by atoms with Crippen molar-refractivity contribution in [3.8, 4) is 0 Å². The Morgan fingerprint density at radius 2 is 1.65 bits per heavy atom. The summed E-state index contributed by atoms with van der Waals surface area (Å²) in [4.78, 5) is 17.9. The van der Waals surface area contributed by atoms with E-state index < -0.39 is 0 Å². The fourth-order valence-electron chi connectivity index (χ4n) is 3.68. The number of aromatic nitrogens is 1. The molecule has 0 aliphatic carbocycles. The zero-order valence-electron chi connectivity index (χ0n) is 17.9. The van der Waals surface area contributed by atoms with Gasteiger partial charge in [-0.3, -0.25) is 4.79 Å². The van der Waals surface area contributed by atoms with Gasteiger partial charge in [0.05, 0.1) is 11.1 Å². The number of anilines is 2. The summed E-state index contributed by atoms with van der Waals surface area (Å²) in [7, 11) is 0. The summed E-state index contributed by atoms with van der Waals surface area (Å²) in [6, 6.07) is 28.1. The molecule has 3 aromatic carbocycles. The third-order valence-corrected chi connectivity index (χ3v) is 5.45. The van der Waals surface area contributed by atoms with E-state index in [0.717, 1.165) is 35.0 Å². The second kappa shape index (κ2) is 9.43. The van der Waals surface area contributed by atoms with Gasteiger partial charge >= 0.3 is 0 Å². The molecule has 1 heterocycles. The van der Waals surface area contributed by atoms with E-state index in [0.29, 0.717) is 11.4 Å². The van der Waals surface area contributed by atoms with Crippen LogP contribution in [0.2, 0.25) is 0 Å². The number of amides is 1. The van der Waals surface area contributed by atoms with E-state index in [1.165, 1.54) is 5.56 Å². The maximum atomic E-state index is 13.2. The minimum absolute atomic E-state index is 0.0624. The average Bonchev–Trinajstić information content (AvgIpc) is 2.79. The second-order valence-corrected chi connectivity index (χ2v) is 7.91. The van der Waals surface area contributed by atoms with Crippen LogP contribution >= 0.6 is 0 Å². The van der Waals surface area contributed by atoms with E-state index in [-0.39, 0.29) is 11.9 Å². The molecular formula is C27H27N3O. The Bertz CT molecular complexity index is 1190. The molecule has 0 aliphatic heterocycles. The first-order valence-corrected chi connectivity index (χ1v) is 10.7. The van der Waals surface area contributed by atoms with Gasteiger partial charge in [0.2, 0.25) is 0 Å². The molecule has 0 spiro atoms. The smallest absolute Gasteiger partial charge is 0.252 e. The summed E-state index contributed by atoms with van der Waals surface area (Å²) < 4.78 is 0. The van der Waals surface area contributed by atoms with Crippen LogP contribution in [0.15, 0.2) is 84.9 Å². The Kier molecular flexibility index (Phi) is 6.27. The fourth-order valence-corrected chi connectivity index (χ4v) is 3.68. The van der Waals surface area contributed by atoms with Gasteiger partial charge in [-0.05, 0) is 56.0 Å². The van der Waals surface area contributed by atoms with Gasteiger partial charge in [0.15, 0.2) is 0 Å². The van der Waals surface area contributed by atoms with E-state index in [9.17, 15) is 4.79 Å². The Labute approximate surface area is 183 Å². The van der Waals surface area contributed by atoms with E-state index in [4.69, 9.17) is 4.98 Å². The van der Waals surface area contributed by atoms with Crippen LogP contribution in [-0.2, 0) is 6.42 Å². The van der Waals surface area contributed by atoms with Crippen LogP contribution in [0.4, 0.5) is 11.5 Å². The molecule has 0 saturated heterocycles. The van der Waals surface area contributed by atoms with Crippen molar-refractivity contribution < 1.29 is 4.79 Å². The first kappa shape index (κ1) is 20.6. The number of hydrogen-bond donors (Lipinski definition) is 2. The summed E-state index contributed by atoms with van der Waals surface area (Å²) >= 11 is 0. The Hall–Kier alpha value is -3.66. The van der Waals surface area contributed by atoms with Gasteiger partial charge in [-0.1, -0.05) is 66.7 Å². The van der Waals surface area contributed by atoms with Crippen molar-refractivity contribution in [3.63, 3.8) is 0 Å². The van der Waals surface area contributed by atoms with Crippen molar-refractivity contribution in [2.45, 2.75) is 32.7 Å². The molecule has 0 aliphatic rings. The molecule has 156 valence electrons. The maximum Gasteiger partial charge on any atom is 0.252 e. The van der Waals surface area contributed by atoms with E-state index in [2.05, 4.69) is 29.7 Å². The minimum Gasteiger partial charge on any atom is -0.350 e. The summed E-state index contributed by atoms with van der Waals surface area (Å²) in [5.41, 5.74) is 4.81. The van der Waals surface area contributed by atoms with Crippen LogP contribution in [-0.4, -0.2) is 16.9 Å². The van der Waals surface area contributed by atoms with Crippen LogP contribution in [0.3, 0.4) is 0 Å². The highest BCUT2D eigenvalue weighted by Gasteiger charge is 2.15. The summed E-state index contributed by atoms with van der Waals surface area (Å²) in [5.74, 6) is 0.585. The number of benzene rings is 3. The fraction of sp³-hybridized carbons (Fsp3) is 0.185. The SMILES string of the molecule is Cc1ccccc1Nc1cc(C(=O)NC(C)CCc2ccccc2)c2ccccc2n1. The van der Waals surface area contributed by atoms with Crippen molar-refractivity contribution in [2.75, 3.05) is 5.32 Å². The van der Waals surface area contributed by atoms with Gasteiger partial charge in [-0.15, -0.1) is 0 Å². The van der Waals surface area contributed by atoms with Crippen LogP contribution < -0.4 is 10.6 Å². The molecule has 0 fully saturated rings. The highest BCUT2D eigenvalue weighted by molar-refractivity contribution is 6.07. The van der Waals surface area contributed by atoms with Gasteiger partial charge < -0.3 is 10.6 Å². The molecule has 0 bridgehead atoms. The molecule has 0 radical (unpaired) electrons. The van der Waals surface area contributed by atoms with Gasteiger partial charge in [0, 0.05) is 17.1 Å². The van der Waals surface area contributed by atoms with Crippen molar-refractivity contribution in [1.82, 2.24) is 10.3 Å². The number of carbonyl (C=O) groups excluding carboxylic acids is 1. The van der Waals surface area contributed by atoms with Gasteiger partial charge in [-0.2, -0.15) is 0 Å². The molecule has 4 aromatic rings. The molecular weight excluding hydrogens is 382 g/mol. The average molecular weight is 410 g/mol. The maximum absolute atomic E-state index is 13.2. The van der Waals surface area contributed by atoms with E-state index in [1.807, 2.05) is 79.7 Å². The van der Waals surface area contributed by atoms with Crippen LogP contribution in [0.25, 0.3) is 10.9 Å². The first-order chi connectivity index (χ1) is 15.1. The zero-order chi connectivity index (χ0) is 21.6.